The average molecular weight is 435 g/mol. The van der Waals surface area contributed by atoms with Gasteiger partial charge in [-0.2, -0.15) is 0 Å². The largest absolute Gasteiger partial charge is 0.376 e. The van der Waals surface area contributed by atoms with Crippen LogP contribution >= 0.6 is 23.1 Å². The van der Waals surface area contributed by atoms with Crippen molar-refractivity contribution in [3.63, 3.8) is 0 Å². The Labute approximate surface area is 180 Å². The van der Waals surface area contributed by atoms with Crippen LogP contribution in [0.1, 0.15) is 56.7 Å². The summed E-state index contributed by atoms with van der Waals surface area (Å²) in [6.07, 6.45) is 9.33. The van der Waals surface area contributed by atoms with Crippen LogP contribution in [0.2, 0.25) is 0 Å². The van der Waals surface area contributed by atoms with Crippen LogP contribution in [0.5, 0.6) is 0 Å². The van der Waals surface area contributed by atoms with Crippen LogP contribution in [-0.2, 0) is 22.5 Å². The molecule has 8 heteroatoms. The Morgan fingerprint density at radius 2 is 2.14 bits per heavy atom. The number of amides is 1. The molecule has 0 aromatic carbocycles. The smallest absolute Gasteiger partial charge is 0.230 e. The van der Waals surface area contributed by atoms with Gasteiger partial charge >= 0.3 is 0 Å². The van der Waals surface area contributed by atoms with E-state index in [-0.39, 0.29) is 12.0 Å². The number of hydrogen-bond acceptors (Lipinski definition) is 6. The van der Waals surface area contributed by atoms with Crippen molar-refractivity contribution < 1.29 is 9.53 Å². The number of thiophene rings is 1. The lowest BCUT2D eigenvalue weighted by Gasteiger charge is -2.22. The van der Waals surface area contributed by atoms with Gasteiger partial charge in [0.15, 0.2) is 11.0 Å². The number of thioether (sulfide) groups is 1. The van der Waals surface area contributed by atoms with E-state index in [4.69, 9.17) is 4.74 Å². The molecule has 1 saturated heterocycles. The van der Waals surface area contributed by atoms with E-state index < -0.39 is 0 Å². The Kier molecular flexibility index (Phi) is 7.26. The Morgan fingerprint density at radius 3 is 2.86 bits per heavy atom. The first kappa shape index (κ1) is 20.9. The molecule has 1 N–H and O–H groups in total. The molecule has 158 valence electrons. The zero-order chi connectivity index (χ0) is 20.1. The SMILES string of the molecule is CCc1cc(-c2nnc(SCC(=O)NC3CCCCC3)n2CC2CCCO2)cs1. The lowest BCUT2D eigenvalue weighted by Crippen LogP contribution is -2.37. The van der Waals surface area contributed by atoms with Crippen LogP contribution < -0.4 is 5.32 Å². The number of nitrogens with one attached hydrogen (secondary N) is 1. The highest BCUT2D eigenvalue weighted by Crippen LogP contribution is 2.29. The molecular weight excluding hydrogens is 404 g/mol. The van der Waals surface area contributed by atoms with Crippen LogP contribution in [0.3, 0.4) is 0 Å². The predicted molar refractivity (Wildman–Crippen MR) is 117 cm³/mol. The minimum Gasteiger partial charge on any atom is -0.376 e. The molecule has 1 aliphatic carbocycles. The predicted octanol–water partition coefficient (Wildman–Crippen LogP) is 4.29. The lowest BCUT2D eigenvalue weighted by molar-refractivity contribution is -0.119. The monoisotopic (exact) mass is 434 g/mol. The highest BCUT2D eigenvalue weighted by Gasteiger charge is 2.23. The van der Waals surface area contributed by atoms with E-state index in [1.54, 1.807) is 11.3 Å². The molecule has 2 aromatic heterocycles. The summed E-state index contributed by atoms with van der Waals surface area (Å²) >= 11 is 3.24. The summed E-state index contributed by atoms with van der Waals surface area (Å²) in [7, 11) is 0. The van der Waals surface area contributed by atoms with Gasteiger partial charge in [-0.25, -0.2) is 0 Å². The molecule has 1 amide bonds. The summed E-state index contributed by atoms with van der Waals surface area (Å²) in [6.45, 7) is 3.73. The molecule has 1 unspecified atom stereocenters. The topological polar surface area (TPSA) is 69.0 Å². The second kappa shape index (κ2) is 10.1. The summed E-state index contributed by atoms with van der Waals surface area (Å²) in [5, 5.41) is 15.1. The Morgan fingerprint density at radius 1 is 1.28 bits per heavy atom. The molecule has 4 rings (SSSR count). The number of ether oxygens (including phenoxy) is 1. The maximum atomic E-state index is 12.4. The molecule has 3 heterocycles. The molecule has 2 aliphatic rings. The van der Waals surface area contributed by atoms with E-state index in [0.29, 0.717) is 11.8 Å². The molecule has 0 spiro atoms. The van der Waals surface area contributed by atoms with Crippen molar-refractivity contribution in [3.05, 3.63) is 16.3 Å². The second-order valence-corrected chi connectivity index (χ2v) is 9.84. The molecule has 6 nitrogen and oxygen atoms in total. The number of aryl methyl sites for hydroxylation is 1. The Balaban J connectivity index is 1.45. The standard InChI is InChI=1S/C21H30N4O2S2/c1-2-18-11-15(13-28-18)20-23-24-21(25(20)12-17-9-6-10-27-17)29-14-19(26)22-16-7-4-3-5-8-16/h11,13,16-17H,2-10,12,14H2,1H3,(H,22,26). The summed E-state index contributed by atoms with van der Waals surface area (Å²) in [5.74, 6) is 1.36. The lowest BCUT2D eigenvalue weighted by atomic mass is 9.95. The number of nitrogens with zero attached hydrogens (tertiary/aromatic N) is 3. The number of carbonyl (C=O) groups is 1. The van der Waals surface area contributed by atoms with Crippen LogP contribution in [0.4, 0.5) is 0 Å². The van der Waals surface area contributed by atoms with Crippen LogP contribution in [0, 0.1) is 0 Å². The summed E-state index contributed by atoms with van der Waals surface area (Å²) < 4.78 is 8.01. The van der Waals surface area contributed by atoms with Gasteiger partial charge in [0.25, 0.3) is 0 Å². The van der Waals surface area contributed by atoms with Crippen molar-refractivity contribution in [3.8, 4) is 11.4 Å². The maximum absolute atomic E-state index is 12.4. The zero-order valence-electron chi connectivity index (χ0n) is 17.1. The van der Waals surface area contributed by atoms with Crippen molar-refractivity contribution in [2.45, 2.75) is 82.1 Å². The van der Waals surface area contributed by atoms with E-state index >= 15 is 0 Å². The van der Waals surface area contributed by atoms with Gasteiger partial charge in [-0.05, 0) is 38.2 Å². The second-order valence-electron chi connectivity index (χ2n) is 7.90. The molecule has 0 radical (unpaired) electrons. The maximum Gasteiger partial charge on any atom is 0.230 e. The van der Waals surface area contributed by atoms with Crippen LogP contribution in [-0.4, -0.2) is 45.2 Å². The Hall–Kier alpha value is -1.38. The number of aromatic nitrogens is 3. The van der Waals surface area contributed by atoms with E-state index in [1.165, 1.54) is 35.9 Å². The van der Waals surface area contributed by atoms with Crippen LogP contribution in [0.15, 0.2) is 16.6 Å². The van der Waals surface area contributed by atoms with Gasteiger partial charge in [-0.15, -0.1) is 21.5 Å². The molecular formula is C21H30N4O2S2. The van der Waals surface area contributed by atoms with Gasteiger partial charge in [-0.3, -0.25) is 9.36 Å². The van der Waals surface area contributed by atoms with Gasteiger partial charge in [0.1, 0.15) is 0 Å². The van der Waals surface area contributed by atoms with Crippen molar-refractivity contribution in [2.24, 2.45) is 0 Å². The third-order valence-corrected chi connectivity index (χ3v) is 7.74. The number of rotatable bonds is 8. The minimum atomic E-state index is 0.0962. The fraction of sp³-hybridized carbons (Fsp3) is 0.667. The average Bonchev–Trinajstić information content (AvgIpc) is 3.49. The molecule has 1 saturated carbocycles. The van der Waals surface area contributed by atoms with Gasteiger partial charge in [0.2, 0.25) is 5.91 Å². The van der Waals surface area contributed by atoms with E-state index in [0.717, 1.165) is 61.8 Å². The summed E-state index contributed by atoms with van der Waals surface area (Å²) in [5.41, 5.74) is 1.11. The molecule has 29 heavy (non-hydrogen) atoms. The van der Waals surface area contributed by atoms with Crippen molar-refractivity contribution in [2.75, 3.05) is 12.4 Å². The third-order valence-electron chi connectivity index (χ3n) is 5.69. The zero-order valence-corrected chi connectivity index (χ0v) is 18.7. The molecule has 1 atom stereocenters. The van der Waals surface area contributed by atoms with Crippen molar-refractivity contribution in [1.29, 1.82) is 0 Å². The fourth-order valence-electron chi connectivity index (χ4n) is 4.10. The van der Waals surface area contributed by atoms with Crippen molar-refractivity contribution >= 4 is 29.0 Å². The van der Waals surface area contributed by atoms with E-state index in [9.17, 15) is 4.79 Å². The van der Waals surface area contributed by atoms with Crippen molar-refractivity contribution in [1.82, 2.24) is 20.1 Å². The molecule has 1 aliphatic heterocycles. The van der Waals surface area contributed by atoms with Gasteiger partial charge in [0.05, 0.1) is 18.4 Å². The first-order valence-corrected chi connectivity index (χ1v) is 12.6. The van der Waals surface area contributed by atoms with Gasteiger partial charge < -0.3 is 10.1 Å². The number of hydrogen-bond donors (Lipinski definition) is 1. The number of carbonyl (C=O) groups excluding carboxylic acids is 1. The fourth-order valence-corrected chi connectivity index (χ4v) is 5.67. The first-order valence-electron chi connectivity index (χ1n) is 10.8. The normalized spacial score (nSPS) is 20.2. The molecule has 0 bridgehead atoms. The highest BCUT2D eigenvalue weighted by atomic mass is 32.2. The summed E-state index contributed by atoms with van der Waals surface area (Å²) in [6, 6.07) is 2.54. The minimum absolute atomic E-state index is 0.0962. The first-order chi connectivity index (χ1) is 14.2. The quantitative estimate of drug-likeness (QED) is 0.628. The molecule has 2 aromatic rings. The Bertz CT molecular complexity index is 807. The van der Waals surface area contributed by atoms with Gasteiger partial charge in [-0.1, -0.05) is 37.9 Å². The third kappa shape index (κ3) is 5.41. The highest BCUT2D eigenvalue weighted by molar-refractivity contribution is 7.99. The van der Waals surface area contributed by atoms with E-state index in [1.807, 2.05) is 0 Å². The summed E-state index contributed by atoms with van der Waals surface area (Å²) in [4.78, 5) is 13.8. The van der Waals surface area contributed by atoms with Crippen LogP contribution in [0.25, 0.3) is 11.4 Å². The molecule has 2 fully saturated rings. The van der Waals surface area contributed by atoms with E-state index in [2.05, 4.69) is 38.5 Å². The van der Waals surface area contributed by atoms with Gasteiger partial charge in [0, 0.05) is 28.5 Å².